The van der Waals surface area contributed by atoms with Gasteiger partial charge >= 0.3 is 0 Å². The van der Waals surface area contributed by atoms with Crippen LogP contribution in [-0.4, -0.2) is 27.4 Å². The normalized spacial score (nSPS) is 26.6. The van der Waals surface area contributed by atoms with Crippen molar-refractivity contribution in [2.45, 2.75) is 79.4 Å². The second-order valence-corrected chi connectivity index (χ2v) is 11.9. The predicted octanol–water partition coefficient (Wildman–Crippen LogP) is 6.90. The Hall–Kier alpha value is -1.58. The van der Waals surface area contributed by atoms with Crippen molar-refractivity contribution in [2.75, 3.05) is 0 Å². The van der Waals surface area contributed by atoms with Crippen LogP contribution in [0.3, 0.4) is 0 Å². The van der Waals surface area contributed by atoms with E-state index in [2.05, 4.69) is 77.9 Å². The number of pyridine rings is 1. The fourth-order valence-corrected chi connectivity index (χ4v) is 6.17. The van der Waals surface area contributed by atoms with Crippen molar-refractivity contribution >= 4 is 10.9 Å². The van der Waals surface area contributed by atoms with Gasteiger partial charge in [0.2, 0.25) is 0 Å². The van der Waals surface area contributed by atoms with Gasteiger partial charge in [0.05, 0.1) is 17.7 Å². The average molecular weight is 651 g/mol. The van der Waals surface area contributed by atoms with Crippen molar-refractivity contribution in [1.29, 1.82) is 0 Å². The third-order valence-electron chi connectivity index (χ3n) is 8.08. The first-order valence-electron chi connectivity index (χ1n) is 12.7. The first-order chi connectivity index (χ1) is 16.0. The number of hydrogen-bond donors (Lipinski definition) is 2. The number of rotatable bonds is 1. The molecule has 1 aromatic heterocycles. The van der Waals surface area contributed by atoms with Crippen LogP contribution < -0.4 is 0 Å². The molecule has 1 heterocycles. The summed E-state index contributed by atoms with van der Waals surface area (Å²) in [6.07, 6.45) is 3.81. The number of aliphatic hydroxyl groups excluding tert-OH is 2. The molecule has 0 spiro atoms. The Labute approximate surface area is 224 Å². The summed E-state index contributed by atoms with van der Waals surface area (Å²) < 4.78 is 0. The summed E-state index contributed by atoms with van der Waals surface area (Å²) in [6, 6.07) is 20.0. The van der Waals surface area contributed by atoms with E-state index in [9.17, 15) is 10.2 Å². The molecule has 2 fully saturated rings. The van der Waals surface area contributed by atoms with Gasteiger partial charge in [-0.05, 0) is 53.2 Å². The van der Waals surface area contributed by atoms with Gasteiger partial charge in [-0.2, -0.15) is 0 Å². The number of para-hydroxylation sites is 1. The van der Waals surface area contributed by atoms with E-state index in [1.54, 1.807) is 0 Å². The monoisotopic (exact) mass is 651 g/mol. The molecule has 0 amide bonds. The van der Waals surface area contributed by atoms with E-state index >= 15 is 0 Å². The maximum Gasteiger partial charge on any atom is 0.0646 e. The maximum absolute atomic E-state index is 10.5. The van der Waals surface area contributed by atoms with Crippen molar-refractivity contribution in [3.05, 3.63) is 65.7 Å². The summed E-state index contributed by atoms with van der Waals surface area (Å²) in [6.45, 7) is 12.7. The average Bonchev–Trinajstić information content (AvgIpc) is 2.93. The summed E-state index contributed by atoms with van der Waals surface area (Å²) >= 11 is 0. The second-order valence-electron chi connectivity index (χ2n) is 11.9. The first-order valence-corrected chi connectivity index (χ1v) is 12.7. The Bertz CT molecular complexity index is 1140. The Balaban J connectivity index is 0.000000192. The number of benzene rings is 2. The van der Waals surface area contributed by atoms with E-state index in [4.69, 9.17) is 4.98 Å². The molecule has 4 heteroatoms. The van der Waals surface area contributed by atoms with Crippen LogP contribution in [0.5, 0.6) is 0 Å². The van der Waals surface area contributed by atoms with Crippen molar-refractivity contribution in [2.24, 2.45) is 22.7 Å². The van der Waals surface area contributed by atoms with Gasteiger partial charge in [-0.15, -0.1) is 34.9 Å². The van der Waals surface area contributed by atoms with Gasteiger partial charge in [-0.1, -0.05) is 78.3 Å². The van der Waals surface area contributed by atoms with E-state index in [1.165, 1.54) is 23.8 Å². The minimum atomic E-state index is -0.350. The minimum Gasteiger partial charge on any atom is -0.392 e. The van der Waals surface area contributed by atoms with Gasteiger partial charge in [-0.25, -0.2) is 0 Å². The van der Waals surface area contributed by atoms with Gasteiger partial charge in [0.25, 0.3) is 0 Å². The zero-order valence-corrected chi connectivity index (χ0v) is 24.3. The van der Waals surface area contributed by atoms with Crippen LogP contribution in [-0.2, 0) is 20.1 Å². The number of fused-ring (bicyclic) bond motifs is 2. The summed E-state index contributed by atoms with van der Waals surface area (Å²) in [5.74, 6) is 0.606. The molecule has 0 aliphatic heterocycles. The van der Waals surface area contributed by atoms with Gasteiger partial charge in [-0.3, -0.25) is 4.98 Å². The van der Waals surface area contributed by atoms with Gasteiger partial charge in [0.15, 0.2) is 0 Å². The third kappa shape index (κ3) is 6.05. The zero-order chi connectivity index (χ0) is 24.7. The Morgan fingerprint density at radius 1 is 0.914 bits per heavy atom. The Morgan fingerprint density at radius 2 is 1.60 bits per heavy atom. The quantitative estimate of drug-likeness (QED) is 0.282. The molecule has 4 atom stereocenters. The molecule has 3 nitrogen and oxygen atoms in total. The van der Waals surface area contributed by atoms with Gasteiger partial charge in [0.1, 0.15) is 0 Å². The summed E-state index contributed by atoms with van der Waals surface area (Å²) in [5, 5.41) is 22.1. The standard InChI is InChI=1S/C17H14N.C14H26O2.Ir/c1-12-9-13(2)11-15(10-12)17-8-7-14-5-3-4-6-16(14)18-17;1-13(2)7-5-6-9-8-14(3,4)12(16)10(9)11(13)15;/h3-10H,1-2H3;9-12,15-16H,5-8H2,1-4H3;/q-1;;. The molecule has 5 rings (SSSR count). The van der Waals surface area contributed by atoms with Crippen molar-refractivity contribution < 1.29 is 30.3 Å². The largest absolute Gasteiger partial charge is 0.392 e. The number of aromatic nitrogens is 1. The summed E-state index contributed by atoms with van der Waals surface area (Å²) in [5.41, 5.74) is 5.42. The predicted molar refractivity (Wildman–Crippen MR) is 141 cm³/mol. The molecule has 4 unspecified atom stereocenters. The maximum atomic E-state index is 10.5. The smallest absolute Gasteiger partial charge is 0.0646 e. The molecule has 191 valence electrons. The molecular weight excluding hydrogens is 611 g/mol. The number of nitrogens with zero attached hydrogens (tertiary/aromatic N) is 1. The van der Waals surface area contributed by atoms with Crippen LogP contribution in [0.2, 0.25) is 0 Å². The summed E-state index contributed by atoms with van der Waals surface area (Å²) in [7, 11) is 0. The summed E-state index contributed by atoms with van der Waals surface area (Å²) in [4.78, 5) is 4.70. The van der Waals surface area contributed by atoms with Crippen molar-refractivity contribution in [3.63, 3.8) is 0 Å². The van der Waals surface area contributed by atoms with E-state index in [0.717, 1.165) is 35.2 Å². The van der Waals surface area contributed by atoms with Crippen molar-refractivity contribution in [1.82, 2.24) is 4.98 Å². The topological polar surface area (TPSA) is 53.4 Å². The van der Waals surface area contributed by atoms with E-state index < -0.39 is 0 Å². The molecule has 35 heavy (non-hydrogen) atoms. The Morgan fingerprint density at radius 3 is 2.31 bits per heavy atom. The third-order valence-corrected chi connectivity index (χ3v) is 8.08. The molecule has 2 aliphatic carbocycles. The molecule has 0 bridgehead atoms. The molecule has 2 aromatic carbocycles. The van der Waals surface area contributed by atoms with Crippen LogP contribution in [0.1, 0.15) is 64.5 Å². The fourth-order valence-electron chi connectivity index (χ4n) is 6.17. The van der Waals surface area contributed by atoms with Crippen LogP contribution in [0.25, 0.3) is 22.2 Å². The molecule has 2 saturated carbocycles. The molecule has 0 saturated heterocycles. The SMILES string of the molecule is CC1(C)CCCC2CC(C)(C)C(O)C2C1O.Cc1[c-]c(-c2ccc3ccccc3n2)cc(C)c1.[Ir]. The van der Waals surface area contributed by atoms with Crippen LogP contribution in [0, 0.1) is 42.6 Å². The van der Waals surface area contributed by atoms with Gasteiger partial charge in [0, 0.05) is 26.0 Å². The van der Waals surface area contributed by atoms with E-state index in [1.807, 2.05) is 18.2 Å². The van der Waals surface area contributed by atoms with Crippen LogP contribution in [0.4, 0.5) is 0 Å². The second kappa shape index (κ2) is 10.8. The van der Waals surface area contributed by atoms with Crippen LogP contribution in [0.15, 0.2) is 48.5 Å². The molecule has 2 aliphatic rings. The van der Waals surface area contributed by atoms with Gasteiger partial charge < -0.3 is 10.2 Å². The zero-order valence-electron chi connectivity index (χ0n) is 21.9. The van der Waals surface area contributed by atoms with E-state index in [0.29, 0.717) is 5.92 Å². The fraction of sp³-hybridized carbons (Fsp3) is 0.516. The first kappa shape index (κ1) is 28.0. The molecule has 1 radical (unpaired) electrons. The van der Waals surface area contributed by atoms with Crippen LogP contribution >= 0.6 is 0 Å². The number of aryl methyl sites for hydroxylation is 2. The molecule has 3 aromatic rings. The van der Waals surface area contributed by atoms with E-state index in [-0.39, 0.29) is 49.1 Å². The molecular formula is C31H40IrNO2-. The number of aliphatic hydroxyl groups is 2. The molecule has 2 N–H and O–H groups in total. The minimum absolute atomic E-state index is 0. The number of hydrogen-bond acceptors (Lipinski definition) is 3. The van der Waals surface area contributed by atoms with Crippen molar-refractivity contribution in [3.8, 4) is 11.3 Å². The Kier molecular flexibility index (Phi) is 8.64.